The van der Waals surface area contributed by atoms with E-state index in [4.69, 9.17) is 16.3 Å². The fourth-order valence-corrected chi connectivity index (χ4v) is 2.10. The van der Waals surface area contributed by atoms with Crippen LogP contribution in [0.3, 0.4) is 0 Å². The Labute approximate surface area is 116 Å². The monoisotopic (exact) mass is 288 g/mol. The van der Waals surface area contributed by atoms with Crippen LogP contribution in [0.5, 0.6) is 5.88 Å². The molecule has 0 aliphatic carbocycles. The first kappa shape index (κ1) is 15.1. The van der Waals surface area contributed by atoms with Crippen molar-refractivity contribution in [1.29, 1.82) is 0 Å². The number of halogens is 1. The van der Waals surface area contributed by atoms with Gasteiger partial charge in [0.1, 0.15) is 6.61 Å². The highest BCUT2D eigenvalue weighted by Crippen LogP contribution is 2.13. The molecule has 0 saturated carbocycles. The second kappa shape index (κ2) is 8.21. The molecular formula is C12H17ClN2O2S. The summed E-state index contributed by atoms with van der Waals surface area (Å²) in [7, 11) is 0. The van der Waals surface area contributed by atoms with Gasteiger partial charge in [0.15, 0.2) is 0 Å². The number of nitrogens with one attached hydrogen (secondary N) is 1. The molecule has 0 bridgehead atoms. The number of pyridine rings is 1. The number of thioether (sulfide) groups is 1. The van der Waals surface area contributed by atoms with Crippen LogP contribution in [0.4, 0.5) is 0 Å². The smallest absolute Gasteiger partial charge is 0.223 e. The van der Waals surface area contributed by atoms with E-state index in [1.807, 2.05) is 13.2 Å². The van der Waals surface area contributed by atoms with Crippen LogP contribution in [0.2, 0.25) is 5.02 Å². The highest BCUT2D eigenvalue weighted by molar-refractivity contribution is 7.98. The summed E-state index contributed by atoms with van der Waals surface area (Å²) < 4.78 is 5.36. The van der Waals surface area contributed by atoms with Crippen LogP contribution in [-0.4, -0.2) is 36.1 Å². The molecular weight excluding hydrogens is 272 g/mol. The van der Waals surface area contributed by atoms with Gasteiger partial charge in [-0.2, -0.15) is 11.8 Å². The van der Waals surface area contributed by atoms with Gasteiger partial charge in [0.25, 0.3) is 0 Å². The topological polar surface area (TPSA) is 51.2 Å². The number of ether oxygens (including phenoxy) is 1. The van der Waals surface area contributed by atoms with E-state index in [1.54, 1.807) is 30.1 Å². The number of hydrogen-bond donors (Lipinski definition) is 1. The first-order chi connectivity index (χ1) is 8.63. The molecule has 4 nitrogen and oxygen atoms in total. The van der Waals surface area contributed by atoms with E-state index in [-0.39, 0.29) is 11.8 Å². The van der Waals surface area contributed by atoms with Crippen molar-refractivity contribution in [2.75, 3.05) is 25.2 Å². The van der Waals surface area contributed by atoms with Crippen LogP contribution < -0.4 is 10.1 Å². The van der Waals surface area contributed by atoms with Crippen molar-refractivity contribution >= 4 is 29.3 Å². The molecule has 18 heavy (non-hydrogen) atoms. The maximum Gasteiger partial charge on any atom is 0.223 e. The Morgan fingerprint density at radius 3 is 3.11 bits per heavy atom. The number of rotatable bonds is 7. The normalized spacial score (nSPS) is 11.9. The van der Waals surface area contributed by atoms with E-state index < -0.39 is 0 Å². The number of carbonyl (C=O) groups is 1. The number of carbonyl (C=O) groups excluding carboxylic acids is 1. The zero-order valence-electron chi connectivity index (χ0n) is 10.5. The van der Waals surface area contributed by atoms with Crippen LogP contribution in [0.25, 0.3) is 0 Å². The SMILES string of the molecule is CSCC(C)C(=O)NCCOc1cc(Cl)ccn1. The third-order valence-corrected chi connectivity index (χ3v) is 3.28. The molecule has 1 N–H and O–H groups in total. The fraction of sp³-hybridized carbons (Fsp3) is 0.500. The molecule has 100 valence electrons. The average Bonchev–Trinajstić information content (AvgIpc) is 2.35. The predicted molar refractivity (Wildman–Crippen MR) is 75.3 cm³/mol. The van der Waals surface area contributed by atoms with Crippen molar-refractivity contribution < 1.29 is 9.53 Å². The van der Waals surface area contributed by atoms with Crippen molar-refractivity contribution in [2.24, 2.45) is 5.92 Å². The van der Waals surface area contributed by atoms with Gasteiger partial charge in [-0.3, -0.25) is 4.79 Å². The Balaban J connectivity index is 2.21. The Kier molecular flexibility index (Phi) is 6.90. The summed E-state index contributed by atoms with van der Waals surface area (Å²) in [4.78, 5) is 15.6. The summed E-state index contributed by atoms with van der Waals surface area (Å²) in [5.74, 6) is 1.35. The van der Waals surface area contributed by atoms with Gasteiger partial charge < -0.3 is 10.1 Å². The lowest BCUT2D eigenvalue weighted by atomic mass is 10.2. The molecule has 1 aromatic rings. The molecule has 1 unspecified atom stereocenters. The lowest BCUT2D eigenvalue weighted by Crippen LogP contribution is -2.33. The summed E-state index contributed by atoms with van der Waals surface area (Å²) in [5, 5.41) is 3.40. The molecule has 1 amide bonds. The van der Waals surface area contributed by atoms with Crippen molar-refractivity contribution in [2.45, 2.75) is 6.92 Å². The van der Waals surface area contributed by atoms with Gasteiger partial charge >= 0.3 is 0 Å². The number of amides is 1. The average molecular weight is 289 g/mol. The predicted octanol–water partition coefficient (Wildman–Crippen LogP) is 2.23. The van der Waals surface area contributed by atoms with Gasteiger partial charge in [-0.1, -0.05) is 18.5 Å². The van der Waals surface area contributed by atoms with Gasteiger partial charge in [0, 0.05) is 29.0 Å². The van der Waals surface area contributed by atoms with Gasteiger partial charge in [-0.15, -0.1) is 0 Å². The van der Waals surface area contributed by atoms with Crippen molar-refractivity contribution in [1.82, 2.24) is 10.3 Å². The Bertz CT molecular complexity index is 390. The molecule has 0 aliphatic rings. The maximum absolute atomic E-state index is 11.6. The van der Waals surface area contributed by atoms with E-state index in [0.717, 1.165) is 5.75 Å². The summed E-state index contributed by atoms with van der Waals surface area (Å²) >= 11 is 7.45. The lowest BCUT2D eigenvalue weighted by molar-refractivity contribution is -0.123. The van der Waals surface area contributed by atoms with Crippen LogP contribution in [0, 0.1) is 5.92 Å². The maximum atomic E-state index is 11.6. The fourth-order valence-electron chi connectivity index (χ4n) is 1.29. The van der Waals surface area contributed by atoms with E-state index in [9.17, 15) is 4.79 Å². The molecule has 1 atom stereocenters. The molecule has 0 saturated heterocycles. The minimum absolute atomic E-state index is 0.0179. The van der Waals surface area contributed by atoms with Crippen LogP contribution in [-0.2, 0) is 4.79 Å². The van der Waals surface area contributed by atoms with Crippen molar-refractivity contribution in [3.63, 3.8) is 0 Å². The molecule has 0 aliphatic heterocycles. The highest BCUT2D eigenvalue weighted by Gasteiger charge is 2.10. The van der Waals surface area contributed by atoms with Crippen LogP contribution in [0.1, 0.15) is 6.92 Å². The molecule has 0 radical (unpaired) electrons. The third kappa shape index (κ3) is 5.60. The summed E-state index contributed by atoms with van der Waals surface area (Å²) in [6, 6.07) is 3.32. The summed E-state index contributed by atoms with van der Waals surface area (Å²) in [6.07, 6.45) is 3.56. The number of nitrogens with zero attached hydrogens (tertiary/aromatic N) is 1. The van der Waals surface area contributed by atoms with Gasteiger partial charge in [0.05, 0.1) is 6.54 Å². The van der Waals surface area contributed by atoms with Crippen molar-refractivity contribution in [3.8, 4) is 5.88 Å². The number of hydrogen-bond acceptors (Lipinski definition) is 4. The zero-order chi connectivity index (χ0) is 13.4. The van der Waals surface area contributed by atoms with E-state index >= 15 is 0 Å². The van der Waals surface area contributed by atoms with Gasteiger partial charge in [-0.05, 0) is 12.3 Å². The Morgan fingerprint density at radius 2 is 2.44 bits per heavy atom. The van der Waals surface area contributed by atoms with Gasteiger partial charge in [-0.25, -0.2) is 4.98 Å². The summed E-state index contributed by atoms with van der Waals surface area (Å²) in [6.45, 7) is 2.75. The first-order valence-electron chi connectivity index (χ1n) is 5.64. The van der Waals surface area contributed by atoms with Gasteiger partial charge in [0.2, 0.25) is 11.8 Å². The second-order valence-electron chi connectivity index (χ2n) is 3.81. The number of aromatic nitrogens is 1. The zero-order valence-corrected chi connectivity index (χ0v) is 12.1. The molecule has 1 heterocycles. The van der Waals surface area contributed by atoms with E-state index in [2.05, 4.69) is 10.3 Å². The Morgan fingerprint density at radius 1 is 1.67 bits per heavy atom. The first-order valence-corrected chi connectivity index (χ1v) is 7.41. The lowest BCUT2D eigenvalue weighted by Gasteiger charge is -2.11. The molecule has 1 rings (SSSR count). The minimum Gasteiger partial charge on any atom is -0.476 e. The second-order valence-corrected chi connectivity index (χ2v) is 5.16. The minimum atomic E-state index is 0.0179. The highest BCUT2D eigenvalue weighted by atomic mass is 35.5. The standard InChI is InChI=1S/C12H17ClN2O2S/c1-9(8-18-2)12(16)15-5-6-17-11-7-10(13)3-4-14-11/h3-4,7,9H,5-6,8H2,1-2H3,(H,15,16). The Hall–Kier alpha value is -0.940. The summed E-state index contributed by atoms with van der Waals surface area (Å²) in [5.41, 5.74) is 0. The largest absolute Gasteiger partial charge is 0.476 e. The van der Waals surface area contributed by atoms with Crippen LogP contribution in [0.15, 0.2) is 18.3 Å². The van der Waals surface area contributed by atoms with E-state index in [1.165, 1.54) is 0 Å². The molecule has 0 fully saturated rings. The molecule has 0 aromatic carbocycles. The molecule has 6 heteroatoms. The third-order valence-electron chi connectivity index (χ3n) is 2.21. The molecule has 0 spiro atoms. The quantitative estimate of drug-likeness (QED) is 0.782. The molecule has 1 aromatic heterocycles. The van der Waals surface area contributed by atoms with E-state index in [0.29, 0.717) is 24.1 Å². The van der Waals surface area contributed by atoms with Crippen molar-refractivity contribution in [3.05, 3.63) is 23.4 Å². The van der Waals surface area contributed by atoms with Crippen LogP contribution >= 0.6 is 23.4 Å².